The summed E-state index contributed by atoms with van der Waals surface area (Å²) >= 11 is 0. The van der Waals surface area contributed by atoms with Crippen molar-refractivity contribution < 1.29 is 32.4 Å². The lowest BCUT2D eigenvalue weighted by molar-refractivity contribution is -0.660. The van der Waals surface area contributed by atoms with E-state index in [-0.39, 0.29) is 0 Å². The third kappa shape index (κ3) is 9.09. The van der Waals surface area contributed by atoms with Gasteiger partial charge in [0.25, 0.3) is 0 Å². The minimum Gasteiger partial charge on any atom is -0.453 e. The van der Waals surface area contributed by atoms with Gasteiger partial charge in [-0.2, -0.15) is 0 Å². The number of fused-ring (bicyclic) bond motifs is 15. The molecular formula is C77H65N6O3+3. The van der Waals surface area contributed by atoms with E-state index in [9.17, 15) is 0 Å². The number of aryl methyl sites for hydroxylation is 8. The second-order valence-electron chi connectivity index (χ2n) is 22.8. The predicted molar refractivity (Wildman–Crippen MR) is 350 cm³/mol. The van der Waals surface area contributed by atoms with Crippen LogP contribution in [0.4, 0.5) is 0 Å². The van der Waals surface area contributed by atoms with Crippen molar-refractivity contribution in [3.63, 3.8) is 0 Å². The summed E-state index contributed by atoms with van der Waals surface area (Å²) in [5, 5.41) is 9.51. The monoisotopic (exact) mass is 1130 g/mol. The second kappa shape index (κ2) is 21.4. The predicted octanol–water partition coefficient (Wildman–Crippen LogP) is 18.2. The molecule has 0 bridgehead atoms. The molecule has 9 nitrogen and oxygen atoms in total. The lowest BCUT2D eigenvalue weighted by atomic mass is 9.96. The third-order valence-corrected chi connectivity index (χ3v) is 17.1. The molecule has 9 aromatic heterocycles. The van der Waals surface area contributed by atoms with E-state index in [0.29, 0.717) is 11.1 Å². The topological polar surface area (TPSA) is 89.7 Å². The first-order valence-electron chi connectivity index (χ1n) is 31.0. The molecule has 9 heterocycles. The Bertz CT molecular complexity index is 5560. The van der Waals surface area contributed by atoms with E-state index in [0.717, 1.165) is 149 Å². The number of benzene rings is 7. The Morgan fingerprint density at radius 1 is 0.407 bits per heavy atom. The summed E-state index contributed by atoms with van der Waals surface area (Å²) in [5.74, 6) is -0.650. The fraction of sp³-hybridized carbons (Fsp3) is 0.143. The molecule has 0 atom stereocenters. The molecule has 0 spiro atoms. The number of nitrogens with zero attached hydrogens (tertiary/aromatic N) is 6. The molecular weight excluding hydrogens is 1060 g/mol. The molecule has 0 amide bonds. The first-order valence-corrected chi connectivity index (χ1v) is 29.0. The highest BCUT2D eigenvalue weighted by Crippen LogP contribution is 2.41. The number of furan rings is 3. The van der Waals surface area contributed by atoms with Crippen molar-refractivity contribution in [1.29, 1.82) is 0 Å². The molecule has 0 aliphatic carbocycles. The van der Waals surface area contributed by atoms with Gasteiger partial charge < -0.3 is 13.3 Å². The molecule has 0 unspecified atom stereocenters. The normalized spacial score (nSPS) is 12.7. The number of rotatable bonds is 5. The van der Waals surface area contributed by atoms with Gasteiger partial charge in [-0.25, -0.2) is 13.7 Å². The molecule has 7 aromatic carbocycles. The van der Waals surface area contributed by atoms with Crippen LogP contribution in [0.2, 0.25) is 0 Å². The van der Waals surface area contributed by atoms with Crippen LogP contribution in [0.3, 0.4) is 0 Å². The number of aromatic nitrogens is 6. The summed E-state index contributed by atoms with van der Waals surface area (Å²) in [4.78, 5) is 14.0. The van der Waals surface area contributed by atoms with Gasteiger partial charge in [-0.1, -0.05) is 117 Å². The van der Waals surface area contributed by atoms with Gasteiger partial charge in [0.2, 0.25) is 17.1 Å². The maximum atomic E-state index is 8.40. The maximum Gasteiger partial charge on any atom is 0.213 e. The van der Waals surface area contributed by atoms with Crippen LogP contribution in [0.15, 0.2) is 220 Å². The first kappa shape index (κ1) is 49.1. The average Bonchev–Trinajstić information content (AvgIpc) is 1.60. The van der Waals surface area contributed by atoms with E-state index >= 15 is 0 Å². The Balaban J connectivity index is 0.000000119. The summed E-state index contributed by atoms with van der Waals surface area (Å²) in [6, 6.07) is 57.3. The summed E-state index contributed by atoms with van der Waals surface area (Å²) < 4.78 is 58.0. The van der Waals surface area contributed by atoms with Gasteiger partial charge in [0.15, 0.2) is 35.3 Å². The molecule has 86 heavy (non-hydrogen) atoms. The van der Waals surface area contributed by atoms with Gasteiger partial charge in [-0.3, -0.25) is 15.0 Å². The van der Waals surface area contributed by atoms with Crippen LogP contribution in [-0.4, -0.2) is 15.0 Å². The van der Waals surface area contributed by atoms with Gasteiger partial charge in [-0.05, 0) is 99.1 Å². The Morgan fingerprint density at radius 2 is 0.814 bits per heavy atom. The van der Waals surface area contributed by atoms with Gasteiger partial charge in [0.1, 0.15) is 54.4 Å². The molecule has 0 N–H and O–H groups in total. The average molecular weight is 1130 g/mol. The largest absolute Gasteiger partial charge is 0.453 e. The highest BCUT2D eigenvalue weighted by Gasteiger charge is 2.24. The highest BCUT2D eigenvalue weighted by atomic mass is 16.3. The number of pyridine rings is 6. The molecule has 9 heteroatoms. The minimum atomic E-state index is -2.23. The number of hydrogen-bond donors (Lipinski definition) is 0. The molecule has 0 radical (unpaired) electrons. The van der Waals surface area contributed by atoms with E-state index in [1.54, 1.807) is 6.20 Å². The van der Waals surface area contributed by atoms with Crippen LogP contribution in [0.5, 0.6) is 0 Å². The zero-order chi connectivity index (χ0) is 62.5. The SMILES string of the molecule is Cc1cc[n+](C)c(-c2ccc3c(oc4c5ccccc5cnc34)c2C)c1.[2H]C(C)(C)c1cc[n+](C)c(-c2ccc3c(oc4c5ccccc5cnc34)c2C)c1.[2H]C([2H])([2H])c1c[n+](C)c(-c2ccc3c(oc4c5ccccc5cnc34)c2C)cc1-c1ccccc1. The smallest absolute Gasteiger partial charge is 0.213 e. The Labute approximate surface area is 504 Å². The second-order valence-corrected chi connectivity index (χ2v) is 22.8. The van der Waals surface area contributed by atoms with Crippen molar-refractivity contribution in [2.45, 2.75) is 54.3 Å². The standard InChI is InChI=1S/C29H23N2O.C25H23N2O.C23H19N2O/c1-18-17-31(3)26(15-25(18)20-9-5-4-6-10-20)22-13-14-24-27-29(32-28(24)19(22)2)23-12-8-7-11-21(23)16-30-27;1-15(2)17-11-12-27(4)22(13-17)19-9-10-21-23-25(28-24(21)16(19)3)20-8-6-5-7-18(20)14-26-23;1-14-10-11-25(3)20(12-14)17-8-9-19-21-23(26-22(19)15(17)2)18-7-5-4-6-16(18)13-24-21/h4-17H,1-3H3;5-15H,1-4H3;4-13H,1-3H3/q3*+1/i1D3;15D;. The molecule has 0 fully saturated rings. The molecule has 0 aliphatic rings. The van der Waals surface area contributed by atoms with Crippen molar-refractivity contribution >= 4 is 98.5 Å². The van der Waals surface area contributed by atoms with Crippen LogP contribution in [0, 0.1) is 34.5 Å². The van der Waals surface area contributed by atoms with E-state index in [4.69, 9.17) is 18.7 Å². The molecule has 16 rings (SSSR count). The minimum absolute atomic E-state index is 0.327. The van der Waals surface area contributed by atoms with Crippen LogP contribution in [0.1, 0.15) is 58.6 Å². The maximum absolute atomic E-state index is 8.40. The van der Waals surface area contributed by atoms with Crippen LogP contribution in [-0.2, 0) is 21.1 Å². The molecule has 0 saturated carbocycles. The van der Waals surface area contributed by atoms with Crippen LogP contribution in [0.25, 0.3) is 143 Å². The van der Waals surface area contributed by atoms with Crippen LogP contribution < -0.4 is 13.7 Å². The summed E-state index contributed by atoms with van der Waals surface area (Å²) in [7, 11) is 6.00. The number of hydrogen-bond acceptors (Lipinski definition) is 6. The molecule has 16 aromatic rings. The van der Waals surface area contributed by atoms with Gasteiger partial charge in [-0.15, -0.1) is 0 Å². The van der Waals surface area contributed by atoms with E-state index in [2.05, 4.69) is 137 Å². The van der Waals surface area contributed by atoms with Crippen molar-refractivity contribution in [2.75, 3.05) is 0 Å². The zero-order valence-electron chi connectivity index (χ0n) is 53.5. The lowest BCUT2D eigenvalue weighted by Crippen LogP contribution is -2.31. The lowest BCUT2D eigenvalue weighted by Gasteiger charge is -2.10. The highest BCUT2D eigenvalue weighted by molar-refractivity contribution is 6.16. The van der Waals surface area contributed by atoms with Crippen molar-refractivity contribution in [3.8, 4) is 44.9 Å². The van der Waals surface area contributed by atoms with Gasteiger partial charge in [0.05, 0.1) is 16.7 Å². The van der Waals surface area contributed by atoms with Crippen molar-refractivity contribution in [3.05, 3.63) is 240 Å². The van der Waals surface area contributed by atoms with Crippen LogP contribution >= 0.6 is 0 Å². The summed E-state index contributed by atoms with van der Waals surface area (Å²) in [6.07, 6.45) is 11.6. The quantitative estimate of drug-likeness (QED) is 0.160. The summed E-state index contributed by atoms with van der Waals surface area (Å²) in [6.45, 7) is 9.99. The van der Waals surface area contributed by atoms with E-state index < -0.39 is 12.7 Å². The molecule has 418 valence electrons. The Hall–Kier alpha value is -10.4. The van der Waals surface area contributed by atoms with Crippen molar-refractivity contribution in [1.82, 2.24) is 15.0 Å². The molecule has 0 aliphatic heterocycles. The summed E-state index contributed by atoms with van der Waals surface area (Å²) in [5.41, 5.74) is 21.5. The Morgan fingerprint density at radius 3 is 1.26 bits per heavy atom. The molecule has 0 saturated heterocycles. The van der Waals surface area contributed by atoms with Crippen molar-refractivity contribution in [2.24, 2.45) is 21.1 Å². The van der Waals surface area contributed by atoms with E-state index in [1.807, 2.05) is 155 Å². The fourth-order valence-corrected chi connectivity index (χ4v) is 12.3. The first-order chi connectivity index (χ1) is 43.3. The third-order valence-electron chi connectivity index (χ3n) is 17.1. The Kier molecular flexibility index (Phi) is 12.2. The van der Waals surface area contributed by atoms with Gasteiger partial charge in [0, 0.05) is 125 Å². The van der Waals surface area contributed by atoms with E-state index in [1.165, 1.54) is 16.8 Å². The van der Waals surface area contributed by atoms with Gasteiger partial charge >= 0.3 is 0 Å². The zero-order valence-corrected chi connectivity index (χ0v) is 49.5. The fourth-order valence-electron chi connectivity index (χ4n) is 12.3.